The zero-order valence-corrected chi connectivity index (χ0v) is 10.5. The fourth-order valence-electron chi connectivity index (χ4n) is 0.847. The van der Waals surface area contributed by atoms with Crippen molar-refractivity contribution < 1.29 is 54.2 Å². The van der Waals surface area contributed by atoms with E-state index in [0.717, 1.165) is 0 Å². The van der Waals surface area contributed by atoms with E-state index in [1.807, 2.05) is 0 Å². The Hall–Kier alpha value is -1.92. The summed E-state index contributed by atoms with van der Waals surface area (Å²) in [5, 5.41) is 43.6. The SMILES string of the molecule is O=C(CC(O)C(=O)OC(=O)C(O)CO)OC(=O)C(O)CO. The number of ether oxygens (including phenoxy) is 2. The van der Waals surface area contributed by atoms with E-state index in [2.05, 4.69) is 9.47 Å². The average Bonchev–Trinajstić information content (AvgIpc) is 2.44. The highest BCUT2D eigenvalue weighted by atomic mass is 16.6. The lowest BCUT2D eigenvalue weighted by atomic mass is 10.2. The molecular weight excluding hydrogens is 296 g/mol. The molecule has 0 aliphatic carbocycles. The summed E-state index contributed by atoms with van der Waals surface area (Å²) >= 11 is 0. The molecule has 0 heterocycles. The molecule has 5 N–H and O–H groups in total. The number of esters is 4. The summed E-state index contributed by atoms with van der Waals surface area (Å²) < 4.78 is 7.89. The highest BCUT2D eigenvalue weighted by Crippen LogP contribution is 2.01. The van der Waals surface area contributed by atoms with Gasteiger partial charge in [-0.05, 0) is 0 Å². The van der Waals surface area contributed by atoms with E-state index in [-0.39, 0.29) is 0 Å². The summed E-state index contributed by atoms with van der Waals surface area (Å²) in [6, 6.07) is 0. The monoisotopic (exact) mass is 310 g/mol. The lowest BCUT2D eigenvalue weighted by Gasteiger charge is -2.11. The van der Waals surface area contributed by atoms with Gasteiger partial charge in [0.1, 0.15) is 0 Å². The summed E-state index contributed by atoms with van der Waals surface area (Å²) in [7, 11) is 0. The summed E-state index contributed by atoms with van der Waals surface area (Å²) in [5.41, 5.74) is 0. The van der Waals surface area contributed by atoms with Crippen molar-refractivity contribution in [3.8, 4) is 0 Å². The highest BCUT2D eigenvalue weighted by Gasteiger charge is 2.28. The predicted octanol–water partition coefficient (Wildman–Crippen LogP) is -4.42. The van der Waals surface area contributed by atoms with Crippen molar-refractivity contribution in [2.24, 2.45) is 0 Å². The summed E-state index contributed by atoms with van der Waals surface area (Å²) in [6.07, 6.45) is -7.20. The van der Waals surface area contributed by atoms with E-state index in [9.17, 15) is 24.3 Å². The first-order valence-electron chi connectivity index (χ1n) is 5.48. The third-order valence-corrected chi connectivity index (χ3v) is 1.94. The van der Waals surface area contributed by atoms with Crippen molar-refractivity contribution in [1.82, 2.24) is 0 Å². The van der Waals surface area contributed by atoms with Crippen LogP contribution in [0.3, 0.4) is 0 Å². The van der Waals surface area contributed by atoms with E-state index >= 15 is 0 Å². The third kappa shape index (κ3) is 6.87. The Morgan fingerprint density at radius 3 is 1.52 bits per heavy atom. The van der Waals surface area contributed by atoms with Gasteiger partial charge >= 0.3 is 23.9 Å². The van der Waals surface area contributed by atoms with E-state index in [1.165, 1.54) is 0 Å². The van der Waals surface area contributed by atoms with Crippen LogP contribution in [0.2, 0.25) is 0 Å². The fourth-order valence-corrected chi connectivity index (χ4v) is 0.847. The van der Waals surface area contributed by atoms with Crippen LogP contribution in [0.5, 0.6) is 0 Å². The molecule has 11 heteroatoms. The molecular formula is C10H14O11. The maximum absolute atomic E-state index is 11.1. The van der Waals surface area contributed by atoms with Crippen LogP contribution in [0.15, 0.2) is 0 Å². The van der Waals surface area contributed by atoms with Gasteiger partial charge in [-0.25, -0.2) is 14.4 Å². The quantitative estimate of drug-likeness (QED) is 0.225. The largest absolute Gasteiger partial charge is 0.393 e. The summed E-state index contributed by atoms with van der Waals surface area (Å²) in [4.78, 5) is 44.0. The Kier molecular flexibility index (Phi) is 8.26. The molecule has 0 saturated carbocycles. The van der Waals surface area contributed by atoms with Crippen molar-refractivity contribution in [1.29, 1.82) is 0 Å². The molecule has 0 amide bonds. The summed E-state index contributed by atoms with van der Waals surface area (Å²) in [6.45, 7) is -2.01. The smallest absolute Gasteiger partial charge is 0.345 e. The first-order valence-corrected chi connectivity index (χ1v) is 5.48. The molecule has 11 nitrogen and oxygen atoms in total. The van der Waals surface area contributed by atoms with Gasteiger partial charge in [0.15, 0.2) is 18.3 Å². The molecule has 0 saturated heterocycles. The van der Waals surface area contributed by atoms with Gasteiger partial charge in [-0.2, -0.15) is 0 Å². The minimum Gasteiger partial charge on any atom is -0.393 e. The molecule has 0 aromatic carbocycles. The zero-order chi connectivity index (χ0) is 16.6. The van der Waals surface area contributed by atoms with E-state index in [1.54, 1.807) is 0 Å². The molecule has 0 bridgehead atoms. The normalized spacial score (nSPS) is 14.7. The zero-order valence-electron chi connectivity index (χ0n) is 10.5. The van der Waals surface area contributed by atoms with Crippen LogP contribution in [-0.2, 0) is 28.7 Å². The standard InChI is InChI=1S/C10H14O11/c11-2-5(14)9(18)20-7(16)1-4(13)8(17)21-10(19)6(15)3-12/h4-6,11-15H,1-3H2. The van der Waals surface area contributed by atoms with Gasteiger partial charge < -0.3 is 35.0 Å². The molecule has 3 atom stereocenters. The van der Waals surface area contributed by atoms with Gasteiger partial charge in [-0.3, -0.25) is 4.79 Å². The van der Waals surface area contributed by atoms with Gasteiger partial charge in [0.05, 0.1) is 19.6 Å². The van der Waals surface area contributed by atoms with Crippen LogP contribution in [0, 0.1) is 0 Å². The molecule has 21 heavy (non-hydrogen) atoms. The van der Waals surface area contributed by atoms with Crippen LogP contribution in [0.1, 0.15) is 6.42 Å². The topological polar surface area (TPSA) is 188 Å². The Balaban J connectivity index is 4.32. The van der Waals surface area contributed by atoms with Crippen molar-refractivity contribution in [2.45, 2.75) is 24.7 Å². The molecule has 0 rings (SSSR count). The molecule has 0 spiro atoms. The molecule has 120 valence electrons. The average molecular weight is 310 g/mol. The van der Waals surface area contributed by atoms with Crippen LogP contribution in [0.25, 0.3) is 0 Å². The van der Waals surface area contributed by atoms with Crippen LogP contribution in [0.4, 0.5) is 0 Å². The maximum atomic E-state index is 11.1. The lowest BCUT2D eigenvalue weighted by Crippen LogP contribution is -2.35. The second-order valence-electron chi connectivity index (χ2n) is 3.65. The maximum Gasteiger partial charge on any atom is 0.345 e. The minimum atomic E-state index is -2.17. The van der Waals surface area contributed by atoms with Crippen LogP contribution in [-0.4, -0.2) is 80.9 Å². The number of aliphatic hydroxyl groups excluding tert-OH is 5. The van der Waals surface area contributed by atoms with Gasteiger partial charge in [-0.1, -0.05) is 0 Å². The number of aliphatic hydroxyl groups is 5. The minimum absolute atomic E-state index is 0.996. The molecule has 0 radical (unpaired) electrons. The number of hydrogen-bond acceptors (Lipinski definition) is 11. The first kappa shape index (κ1) is 19.1. The van der Waals surface area contributed by atoms with Crippen LogP contribution < -0.4 is 0 Å². The van der Waals surface area contributed by atoms with E-state index in [4.69, 9.17) is 20.4 Å². The number of carbonyl (C=O) groups is 4. The van der Waals surface area contributed by atoms with Crippen molar-refractivity contribution in [3.05, 3.63) is 0 Å². The predicted molar refractivity (Wildman–Crippen MR) is 59.0 cm³/mol. The van der Waals surface area contributed by atoms with Gasteiger partial charge in [0.25, 0.3) is 0 Å². The molecule has 0 aromatic rings. The molecule has 0 fully saturated rings. The lowest BCUT2D eigenvalue weighted by molar-refractivity contribution is -0.177. The Bertz CT molecular complexity index is 404. The summed E-state index contributed by atoms with van der Waals surface area (Å²) in [5.74, 6) is -6.07. The Labute approximate surface area is 117 Å². The first-order chi connectivity index (χ1) is 9.72. The molecule has 0 aliphatic rings. The van der Waals surface area contributed by atoms with Gasteiger partial charge in [0, 0.05) is 0 Å². The molecule has 3 unspecified atom stereocenters. The molecule has 0 aromatic heterocycles. The number of hydrogen-bond donors (Lipinski definition) is 5. The Morgan fingerprint density at radius 1 is 0.714 bits per heavy atom. The van der Waals surface area contributed by atoms with E-state index in [0.29, 0.717) is 0 Å². The van der Waals surface area contributed by atoms with Gasteiger partial charge in [0.2, 0.25) is 0 Å². The highest BCUT2D eigenvalue weighted by molar-refractivity contribution is 5.93. The number of carbonyl (C=O) groups excluding carboxylic acids is 4. The second-order valence-corrected chi connectivity index (χ2v) is 3.65. The third-order valence-electron chi connectivity index (χ3n) is 1.94. The van der Waals surface area contributed by atoms with E-state index < -0.39 is 61.8 Å². The fraction of sp³-hybridized carbons (Fsp3) is 0.600. The second kappa shape index (κ2) is 9.10. The molecule has 0 aliphatic heterocycles. The van der Waals surface area contributed by atoms with Gasteiger partial charge in [-0.15, -0.1) is 0 Å². The van der Waals surface area contributed by atoms with Crippen LogP contribution >= 0.6 is 0 Å². The van der Waals surface area contributed by atoms with Crippen molar-refractivity contribution >= 4 is 23.9 Å². The Morgan fingerprint density at radius 2 is 1.10 bits per heavy atom. The van der Waals surface area contributed by atoms with Crippen molar-refractivity contribution in [2.75, 3.05) is 13.2 Å². The number of rotatable bonds is 7. The van der Waals surface area contributed by atoms with Crippen molar-refractivity contribution in [3.63, 3.8) is 0 Å².